The normalized spacial score (nSPS) is 17.7. The van der Waals surface area contributed by atoms with Gasteiger partial charge in [-0.1, -0.05) is 19.3 Å². The fraction of sp³-hybridized carbons (Fsp3) is 0.800. The summed E-state index contributed by atoms with van der Waals surface area (Å²) in [6.45, 7) is 1.93. The number of nitrogens with one attached hydrogen (secondary N) is 1. The van der Waals surface area contributed by atoms with Crippen LogP contribution in [0.4, 0.5) is 4.79 Å². The lowest BCUT2D eigenvalue weighted by atomic mass is 9.81. The molecule has 86 valence electrons. The van der Waals surface area contributed by atoms with Crippen molar-refractivity contribution < 1.29 is 19.4 Å². The zero-order valence-electron chi connectivity index (χ0n) is 8.86. The van der Waals surface area contributed by atoms with Gasteiger partial charge in [-0.2, -0.15) is 0 Å². The summed E-state index contributed by atoms with van der Waals surface area (Å²) in [5.74, 6) is -0.553. The molecule has 0 aromatic carbocycles. The highest BCUT2D eigenvalue weighted by Crippen LogP contribution is 2.30. The molecular weight excluding hydrogens is 198 g/mol. The third-order valence-corrected chi connectivity index (χ3v) is 2.66. The predicted molar refractivity (Wildman–Crippen MR) is 53.5 cm³/mol. The summed E-state index contributed by atoms with van der Waals surface area (Å²) in [6, 6.07) is -0.811. The van der Waals surface area contributed by atoms with Gasteiger partial charge in [-0.05, 0) is 19.3 Å². The van der Waals surface area contributed by atoms with Gasteiger partial charge in [-0.25, -0.2) is 9.59 Å². The molecule has 0 aromatic rings. The number of hydrogen-bond donors (Lipinski definition) is 2. The molecule has 1 fully saturated rings. The van der Waals surface area contributed by atoms with E-state index in [1.54, 1.807) is 6.92 Å². The van der Waals surface area contributed by atoms with E-state index in [1.165, 1.54) is 0 Å². The first-order valence-electron chi connectivity index (χ1n) is 5.29. The fourth-order valence-corrected chi connectivity index (χ4v) is 1.60. The fourth-order valence-electron chi connectivity index (χ4n) is 1.60. The molecule has 0 bridgehead atoms. The van der Waals surface area contributed by atoms with Crippen molar-refractivity contribution in [3.63, 3.8) is 0 Å². The molecule has 1 rings (SSSR count). The van der Waals surface area contributed by atoms with E-state index in [0.717, 1.165) is 19.3 Å². The minimum atomic E-state index is -0.991. The van der Waals surface area contributed by atoms with Crippen LogP contribution in [-0.4, -0.2) is 29.8 Å². The highest BCUT2D eigenvalue weighted by Gasteiger charge is 2.27. The van der Waals surface area contributed by atoms with Gasteiger partial charge >= 0.3 is 12.1 Å². The van der Waals surface area contributed by atoms with E-state index in [2.05, 4.69) is 10.1 Å². The SMILES string of the molecule is CCOC(=O)NC(CC1CCC1)C(=O)O. The summed E-state index contributed by atoms with van der Waals surface area (Å²) >= 11 is 0. The number of carboxylic acids is 1. The molecule has 1 saturated carbocycles. The molecule has 5 heteroatoms. The molecule has 2 N–H and O–H groups in total. The smallest absolute Gasteiger partial charge is 0.407 e. The zero-order valence-corrected chi connectivity index (χ0v) is 8.86. The molecule has 0 saturated heterocycles. The van der Waals surface area contributed by atoms with Crippen LogP contribution in [0.15, 0.2) is 0 Å². The Bertz CT molecular complexity index is 238. The van der Waals surface area contributed by atoms with Crippen LogP contribution in [0.1, 0.15) is 32.6 Å². The van der Waals surface area contributed by atoms with Crippen molar-refractivity contribution in [1.29, 1.82) is 0 Å². The van der Waals surface area contributed by atoms with Crippen molar-refractivity contribution >= 4 is 12.1 Å². The average Bonchev–Trinajstić information content (AvgIpc) is 2.09. The predicted octanol–water partition coefficient (Wildman–Crippen LogP) is 1.38. The minimum Gasteiger partial charge on any atom is -0.480 e. The maximum Gasteiger partial charge on any atom is 0.407 e. The molecule has 1 aliphatic carbocycles. The molecule has 0 radical (unpaired) electrons. The number of carbonyl (C=O) groups is 2. The Morgan fingerprint density at radius 2 is 2.20 bits per heavy atom. The molecule has 0 heterocycles. The second-order valence-electron chi connectivity index (χ2n) is 3.79. The van der Waals surface area contributed by atoms with Gasteiger partial charge in [0.25, 0.3) is 0 Å². The van der Waals surface area contributed by atoms with E-state index in [-0.39, 0.29) is 6.61 Å². The molecule has 5 nitrogen and oxygen atoms in total. The first-order chi connectivity index (χ1) is 7.13. The highest BCUT2D eigenvalue weighted by molar-refractivity contribution is 5.79. The largest absolute Gasteiger partial charge is 0.480 e. The lowest BCUT2D eigenvalue weighted by Gasteiger charge is -2.28. The molecule has 1 atom stereocenters. The van der Waals surface area contributed by atoms with Crippen molar-refractivity contribution in [2.24, 2.45) is 5.92 Å². The number of carboxylic acid groups (broad SMARTS) is 1. The van der Waals surface area contributed by atoms with E-state index in [9.17, 15) is 9.59 Å². The maximum absolute atomic E-state index is 11.0. The van der Waals surface area contributed by atoms with Gasteiger partial charge in [0.2, 0.25) is 0 Å². The van der Waals surface area contributed by atoms with Crippen LogP contribution in [0.2, 0.25) is 0 Å². The third-order valence-electron chi connectivity index (χ3n) is 2.66. The van der Waals surface area contributed by atoms with E-state index in [1.807, 2.05) is 0 Å². The van der Waals surface area contributed by atoms with E-state index >= 15 is 0 Å². The van der Waals surface area contributed by atoms with Gasteiger partial charge in [0, 0.05) is 0 Å². The first-order valence-corrected chi connectivity index (χ1v) is 5.29. The molecule has 1 unspecified atom stereocenters. The van der Waals surface area contributed by atoms with E-state index < -0.39 is 18.1 Å². The lowest BCUT2D eigenvalue weighted by Crippen LogP contribution is -2.43. The minimum absolute atomic E-state index is 0.252. The van der Waals surface area contributed by atoms with Crippen LogP contribution in [0.25, 0.3) is 0 Å². The molecule has 1 aliphatic rings. The Balaban J connectivity index is 2.35. The van der Waals surface area contributed by atoms with Gasteiger partial charge in [-0.3, -0.25) is 0 Å². The quantitative estimate of drug-likeness (QED) is 0.726. The third kappa shape index (κ3) is 3.77. The molecule has 0 spiro atoms. The Labute approximate surface area is 88.8 Å². The van der Waals surface area contributed by atoms with Gasteiger partial charge in [0.1, 0.15) is 6.04 Å². The van der Waals surface area contributed by atoms with Crippen molar-refractivity contribution in [2.75, 3.05) is 6.61 Å². The summed E-state index contributed by atoms with van der Waals surface area (Å²) in [6.07, 6.45) is 3.15. The van der Waals surface area contributed by atoms with Crippen LogP contribution in [0, 0.1) is 5.92 Å². The number of carbonyl (C=O) groups excluding carboxylic acids is 1. The standard InChI is InChI=1S/C10H17NO4/c1-2-15-10(14)11-8(9(12)13)6-7-4-3-5-7/h7-8H,2-6H2,1H3,(H,11,14)(H,12,13). The Morgan fingerprint density at radius 3 is 2.60 bits per heavy atom. The lowest BCUT2D eigenvalue weighted by molar-refractivity contribution is -0.140. The monoisotopic (exact) mass is 215 g/mol. The number of rotatable bonds is 5. The maximum atomic E-state index is 11.0. The highest BCUT2D eigenvalue weighted by atomic mass is 16.5. The molecule has 1 amide bonds. The first kappa shape index (κ1) is 11.8. The van der Waals surface area contributed by atoms with Crippen molar-refractivity contribution in [3.05, 3.63) is 0 Å². The molecule has 0 aromatic heterocycles. The van der Waals surface area contributed by atoms with Crippen molar-refractivity contribution in [3.8, 4) is 0 Å². The number of aliphatic carboxylic acids is 1. The zero-order chi connectivity index (χ0) is 11.3. The van der Waals surface area contributed by atoms with E-state index in [4.69, 9.17) is 5.11 Å². The average molecular weight is 215 g/mol. The van der Waals surface area contributed by atoms with Crippen LogP contribution >= 0.6 is 0 Å². The van der Waals surface area contributed by atoms with Crippen molar-refractivity contribution in [2.45, 2.75) is 38.6 Å². The summed E-state index contributed by atoms with van der Waals surface area (Å²) in [7, 11) is 0. The van der Waals surface area contributed by atoms with Gasteiger partial charge in [0.05, 0.1) is 6.61 Å². The summed E-state index contributed by atoms with van der Waals surface area (Å²) in [5.41, 5.74) is 0. The number of amides is 1. The Hall–Kier alpha value is -1.26. The Kier molecular flexibility index (Phi) is 4.39. The second kappa shape index (κ2) is 5.58. The van der Waals surface area contributed by atoms with Crippen molar-refractivity contribution in [1.82, 2.24) is 5.32 Å². The summed E-state index contributed by atoms with van der Waals surface area (Å²) in [4.78, 5) is 21.9. The molecular formula is C10H17NO4. The van der Waals surface area contributed by atoms with Crippen LogP contribution in [-0.2, 0) is 9.53 Å². The van der Waals surface area contributed by atoms with Crippen LogP contribution in [0.3, 0.4) is 0 Å². The topological polar surface area (TPSA) is 75.6 Å². The molecule has 15 heavy (non-hydrogen) atoms. The van der Waals surface area contributed by atoms with Gasteiger partial charge < -0.3 is 15.2 Å². The molecule has 0 aliphatic heterocycles. The number of ether oxygens (including phenoxy) is 1. The van der Waals surface area contributed by atoms with Gasteiger partial charge in [-0.15, -0.1) is 0 Å². The van der Waals surface area contributed by atoms with Gasteiger partial charge in [0.15, 0.2) is 0 Å². The van der Waals surface area contributed by atoms with E-state index in [0.29, 0.717) is 12.3 Å². The van der Waals surface area contributed by atoms with Crippen LogP contribution in [0.5, 0.6) is 0 Å². The second-order valence-corrected chi connectivity index (χ2v) is 3.79. The number of hydrogen-bond acceptors (Lipinski definition) is 3. The number of alkyl carbamates (subject to hydrolysis) is 1. The summed E-state index contributed by atoms with van der Waals surface area (Å²) in [5, 5.41) is 11.2. The Morgan fingerprint density at radius 1 is 1.53 bits per heavy atom. The summed E-state index contributed by atoms with van der Waals surface area (Å²) < 4.78 is 4.64. The van der Waals surface area contributed by atoms with Crippen LogP contribution < -0.4 is 5.32 Å².